The summed E-state index contributed by atoms with van der Waals surface area (Å²) in [6.45, 7) is 9.61. The molecule has 0 aliphatic carbocycles. The standard InChI is InChI=1S/C12H23NO2/c1-10-7-5-6-8-13(9-10)11(14)15-12(2,3)4/h10H,5-9H2,1-4H3. The highest BCUT2D eigenvalue weighted by atomic mass is 16.6. The fraction of sp³-hybridized carbons (Fsp3) is 0.917. The molecule has 0 spiro atoms. The van der Waals surface area contributed by atoms with E-state index in [9.17, 15) is 4.79 Å². The fourth-order valence-corrected chi connectivity index (χ4v) is 1.85. The summed E-state index contributed by atoms with van der Waals surface area (Å²) in [5, 5.41) is 0. The van der Waals surface area contributed by atoms with Gasteiger partial charge in [0, 0.05) is 13.1 Å². The van der Waals surface area contributed by atoms with Crippen LogP contribution in [0, 0.1) is 5.92 Å². The zero-order valence-corrected chi connectivity index (χ0v) is 10.4. The van der Waals surface area contributed by atoms with Crippen molar-refractivity contribution >= 4 is 6.09 Å². The first-order valence-electron chi connectivity index (χ1n) is 5.86. The fourth-order valence-electron chi connectivity index (χ4n) is 1.85. The third-order valence-corrected chi connectivity index (χ3v) is 2.56. The van der Waals surface area contributed by atoms with Gasteiger partial charge in [0.05, 0.1) is 0 Å². The number of hydrogen-bond acceptors (Lipinski definition) is 2. The lowest BCUT2D eigenvalue weighted by molar-refractivity contribution is 0.0238. The van der Waals surface area contributed by atoms with Gasteiger partial charge in [-0.05, 0) is 39.5 Å². The number of carbonyl (C=O) groups excluding carboxylic acids is 1. The van der Waals surface area contributed by atoms with E-state index in [1.807, 2.05) is 25.7 Å². The molecule has 3 heteroatoms. The Kier molecular flexibility index (Phi) is 4.00. The molecule has 88 valence electrons. The van der Waals surface area contributed by atoms with Gasteiger partial charge in [-0.2, -0.15) is 0 Å². The zero-order chi connectivity index (χ0) is 11.5. The Morgan fingerprint density at radius 3 is 2.60 bits per heavy atom. The number of hydrogen-bond donors (Lipinski definition) is 0. The topological polar surface area (TPSA) is 29.5 Å². The molecule has 0 N–H and O–H groups in total. The minimum atomic E-state index is -0.382. The van der Waals surface area contributed by atoms with Gasteiger partial charge < -0.3 is 9.64 Å². The Labute approximate surface area is 92.8 Å². The van der Waals surface area contributed by atoms with Gasteiger partial charge in [0.1, 0.15) is 5.60 Å². The van der Waals surface area contributed by atoms with Crippen LogP contribution in [0.15, 0.2) is 0 Å². The van der Waals surface area contributed by atoms with Crippen LogP contribution in [-0.2, 0) is 4.74 Å². The summed E-state index contributed by atoms with van der Waals surface area (Å²) in [4.78, 5) is 13.7. The second-order valence-electron chi connectivity index (χ2n) is 5.53. The van der Waals surface area contributed by atoms with Crippen molar-refractivity contribution in [3.8, 4) is 0 Å². The van der Waals surface area contributed by atoms with Crippen molar-refractivity contribution in [2.45, 2.75) is 52.6 Å². The van der Waals surface area contributed by atoms with Crippen LogP contribution in [0.1, 0.15) is 47.0 Å². The first-order valence-corrected chi connectivity index (χ1v) is 5.86. The third-order valence-electron chi connectivity index (χ3n) is 2.56. The highest BCUT2D eigenvalue weighted by Crippen LogP contribution is 2.18. The van der Waals surface area contributed by atoms with Crippen LogP contribution in [0.25, 0.3) is 0 Å². The molecule has 0 aromatic rings. The summed E-state index contributed by atoms with van der Waals surface area (Å²) in [5.41, 5.74) is -0.382. The van der Waals surface area contributed by atoms with E-state index >= 15 is 0 Å². The van der Waals surface area contributed by atoms with Crippen LogP contribution >= 0.6 is 0 Å². The molecule has 1 fully saturated rings. The number of ether oxygens (including phenoxy) is 1. The summed E-state index contributed by atoms with van der Waals surface area (Å²) in [6.07, 6.45) is 3.39. The average Bonchev–Trinajstić information content (AvgIpc) is 2.26. The predicted molar refractivity (Wildman–Crippen MR) is 60.8 cm³/mol. The molecule has 1 atom stereocenters. The number of carbonyl (C=O) groups is 1. The van der Waals surface area contributed by atoms with Crippen LogP contribution in [0.5, 0.6) is 0 Å². The van der Waals surface area contributed by atoms with E-state index < -0.39 is 0 Å². The SMILES string of the molecule is CC1CCCCN(C(=O)OC(C)(C)C)C1. The molecule has 1 saturated heterocycles. The molecule has 15 heavy (non-hydrogen) atoms. The van der Waals surface area contributed by atoms with Crippen molar-refractivity contribution in [3.63, 3.8) is 0 Å². The van der Waals surface area contributed by atoms with Crippen molar-refractivity contribution in [3.05, 3.63) is 0 Å². The zero-order valence-electron chi connectivity index (χ0n) is 10.4. The van der Waals surface area contributed by atoms with Gasteiger partial charge in [-0.15, -0.1) is 0 Å². The summed E-state index contributed by atoms with van der Waals surface area (Å²) in [6, 6.07) is 0. The molecule has 1 rings (SSSR count). The normalized spacial score (nSPS) is 23.5. The Bertz CT molecular complexity index is 220. The van der Waals surface area contributed by atoms with E-state index in [0.29, 0.717) is 5.92 Å². The molecule has 1 aliphatic heterocycles. The van der Waals surface area contributed by atoms with E-state index in [1.54, 1.807) is 0 Å². The molecule has 0 bridgehead atoms. The van der Waals surface area contributed by atoms with Crippen molar-refractivity contribution in [2.24, 2.45) is 5.92 Å². The van der Waals surface area contributed by atoms with Gasteiger partial charge in [0.2, 0.25) is 0 Å². The number of nitrogens with zero attached hydrogens (tertiary/aromatic N) is 1. The van der Waals surface area contributed by atoms with Crippen LogP contribution in [0.2, 0.25) is 0 Å². The molecule has 1 unspecified atom stereocenters. The van der Waals surface area contributed by atoms with Crippen LogP contribution in [0.3, 0.4) is 0 Å². The lowest BCUT2D eigenvalue weighted by Crippen LogP contribution is -2.38. The van der Waals surface area contributed by atoms with Gasteiger partial charge in [-0.25, -0.2) is 4.79 Å². The predicted octanol–water partition coefficient (Wildman–Crippen LogP) is 3.04. The van der Waals surface area contributed by atoms with Crippen molar-refractivity contribution in [2.75, 3.05) is 13.1 Å². The largest absolute Gasteiger partial charge is 0.444 e. The third kappa shape index (κ3) is 4.54. The Morgan fingerprint density at radius 1 is 1.33 bits per heavy atom. The van der Waals surface area contributed by atoms with E-state index in [-0.39, 0.29) is 11.7 Å². The minimum absolute atomic E-state index is 0.156. The Hall–Kier alpha value is -0.730. The van der Waals surface area contributed by atoms with Gasteiger partial charge in [0.25, 0.3) is 0 Å². The molecule has 0 radical (unpaired) electrons. The van der Waals surface area contributed by atoms with Gasteiger partial charge in [-0.1, -0.05) is 13.3 Å². The molecular weight excluding hydrogens is 190 g/mol. The molecule has 1 heterocycles. The van der Waals surface area contributed by atoms with E-state index in [4.69, 9.17) is 4.74 Å². The highest BCUT2D eigenvalue weighted by Gasteiger charge is 2.24. The first kappa shape index (κ1) is 12.3. The summed E-state index contributed by atoms with van der Waals surface area (Å²) in [5.74, 6) is 0.597. The number of likely N-dealkylation sites (tertiary alicyclic amines) is 1. The van der Waals surface area contributed by atoms with Crippen LogP contribution < -0.4 is 0 Å². The second kappa shape index (κ2) is 4.86. The molecule has 1 amide bonds. The van der Waals surface area contributed by atoms with Crippen molar-refractivity contribution in [1.82, 2.24) is 4.90 Å². The summed E-state index contributed by atoms with van der Waals surface area (Å²) >= 11 is 0. The smallest absolute Gasteiger partial charge is 0.410 e. The summed E-state index contributed by atoms with van der Waals surface area (Å²) in [7, 11) is 0. The van der Waals surface area contributed by atoms with Gasteiger partial charge in [0.15, 0.2) is 0 Å². The monoisotopic (exact) mass is 213 g/mol. The van der Waals surface area contributed by atoms with E-state index in [1.165, 1.54) is 12.8 Å². The molecule has 3 nitrogen and oxygen atoms in total. The molecule has 0 aromatic heterocycles. The molecule has 0 aromatic carbocycles. The maximum Gasteiger partial charge on any atom is 0.410 e. The Balaban J connectivity index is 2.50. The number of amides is 1. The quantitative estimate of drug-likeness (QED) is 0.619. The van der Waals surface area contributed by atoms with Gasteiger partial charge >= 0.3 is 6.09 Å². The highest BCUT2D eigenvalue weighted by molar-refractivity contribution is 5.68. The lowest BCUT2D eigenvalue weighted by atomic mass is 10.1. The maximum atomic E-state index is 11.8. The van der Waals surface area contributed by atoms with Crippen molar-refractivity contribution < 1.29 is 9.53 Å². The average molecular weight is 213 g/mol. The van der Waals surface area contributed by atoms with Gasteiger partial charge in [-0.3, -0.25) is 0 Å². The number of rotatable bonds is 0. The Morgan fingerprint density at radius 2 is 2.00 bits per heavy atom. The van der Waals surface area contributed by atoms with Crippen molar-refractivity contribution in [1.29, 1.82) is 0 Å². The minimum Gasteiger partial charge on any atom is -0.444 e. The first-order chi connectivity index (χ1) is 6.88. The summed E-state index contributed by atoms with van der Waals surface area (Å²) < 4.78 is 5.37. The van der Waals surface area contributed by atoms with E-state index in [0.717, 1.165) is 19.5 Å². The van der Waals surface area contributed by atoms with Crippen LogP contribution in [0.4, 0.5) is 4.79 Å². The molecule has 1 aliphatic rings. The second-order valence-corrected chi connectivity index (χ2v) is 5.53. The molecule has 0 saturated carbocycles. The maximum absolute atomic E-state index is 11.8. The van der Waals surface area contributed by atoms with Crippen LogP contribution in [-0.4, -0.2) is 29.7 Å². The van der Waals surface area contributed by atoms with E-state index in [2.05, 4.69) is 6.92 Å². The molecular formula is C12H23NO2. The lowest BCUT2D eigenvalue weighted by Gasteiger charge is -2.27.